The molecule has 1 aromatic rings. The molecule has 1 aliphatic rings. The first-order valence-electron chi connectivity index (χ1n) is 7.08. The van der Waals surface area contributed by atoms with Gasteiger partial charge in [-0.05, 0) is 12.3 Å². The quantitative estimate of drug-likeness (QED) is 0.769. The predicted molar refractivity (Wildman–Crippen MR) is 73.0 cm³/mol. The van der Waals surface area contributed by atoms with Crippen molar-refractivity contribution in [1.82, 2.24) is 15.3 Å². The molecular formula is C14H21N3O2. The molecule has 0 unspecified atom stereocenters. The van der Waals surface area contributed by atoms with Crippen LogP contribution in [0.1, 0.15) is 55.4 Å². The highest BCUT2D eigenvalue weighted by molar-refractivity contribution is 5.91. The number of hydrogen-bond acceptors (Lipinski definition) is 3. The van der Waals surface area contributed by atoms with Gasteiger partial charge in [-0.2, -0.15) is 0 Å². The normalized spacial score (nSPS) is 15.6. The summed E-state index contributed by atoms with van der Waals surface area (Å²) < 4.78 is 0. The van der Waals surface area contributed by atoms with E-state index in [-0.39, 0.29) is 17.2 Å². The van der Waals surface area contributed by atoms with Crippen molar-refractivity contribution in [2.45, 2.75) is 44.9 Å². The summed E-state index contributed by atoms with van der Waals surface area (Å²) in [6, 6.07) is 0. The van der Waals surface area contributed by atoms with Crippen molar-refractivity contribution in [2.75, 3.05) is 6.54 Å². The van der Waals surface area contributed by atoms with Crippen LogP contribution in [0.4, 0.5) is 0 Å². The lowest BCUT2D eigenvalue weighted by atomic mass is 10.0. The SMILES string of the molecule is O=C(NCCCCC1CCCC1)c1c[nH]c(=O)cn1. The molecule has 1 amide bonds. The van der Waals surface area contributed by atoms with Gasteiger partial charge in [-0.25, -0.2) is 4.98 Å². The fourth-order valence-electron chi connectivity index (χ4n) is 2.62. The van der Waals surface area contributed by atoms with E-state index in [0.29, 0.717) is 6.54 Å². The molecule has 1 aliphatic carbocycles. The molecule has 1 saturated carbocycles. The van der Waals surface area contributed by atoms with E-state index in [2.05, 4.69) is 15.3 Å². The molecule has 104 valence electrons. The molecule has 5 heteroatoms. The van der Waals surface area contributed by atoms with Crippen molar-refractivity contribution in [3.05, 3.63) is 28.4 Å². The lowest BCUT2D eigenvalue weighted by Crippen LogP contribution is -2.26. The Morgan fingerprint density at radius 3 is 2.84 bits per heavy atom. The minimum Gasteiger partial charge on any atom is -0.351 e. The van der Waals surface area contributed by atoms with Crippen molar-refractivity contribution in [3.63, 3.8) is 0 Å². The number of amides is 1. The predicted octanol–water partition coefficient (Wildman–Crippen LogP) is 1.86. The smallest absolute Gasteiger partial charge is 0.271 e. The Bertz CT molecular complexity index is 444. The zero-order valence-corrected chi connectivity index (χ0v) is 11.2. The number of H-pyrrole nitrogens is 1. The first-order valence-corrected chi connectivity index (χ1v) is 7.08. The summed E-state index contributed by atoms with van der Waals surface area (Å²) in [7, 11) is 0. The zero-order chi connectivity index (χ0) is 13.5. The highest BCUT2D eigenvalue weighted by atomic mass is 16.2. The Balaban J connectivity index is 1.61. The van der Waals surface area contributed by atoms with Gasteiger partial charge in [-0.15, -0.1) is 0 Å². The number of aromatic nitrogens is 2. The molecule has 1 fully saturated rings. The Morgan fingerprint density at radius 2 is 2.16 bits per heavy atom. The third-order valence-corrected chi connectivity index (χ3v) is 3.70. The van der Waals surface area contributed by atoms with Crippen molar-refractivity contribution in [2.24, 2.45) is 5.92 Å². The monoisotopic (exact) mass is 263 g/mol. The van der Waals surface area contributed by atoms with E-state index in [9.17, 15) is 9.59 Å². The van der Waals surface area contributed by atoms with Crippen LogP contribution >= 0.6 is 0 Å². The Hall–Kier alpha value is -1.65. The molecule has 0 spiro atoms. The van der Waals surface area contributed by atoms with Gasteiger partial charge >= 0.3 is 0 Å². The second kappa shape index (κ2) is 7.07. The van der Waals surface area contributed by atoms with Gasteiger partial charge in [0.2, 0.25) is 0 Å². The molecule has 19 heavy (non-hydrogen) atoms. The fraction of sp³-hybridized carbons (Fsp3) is 0.643. The third kappa shape index (κ3) is 4.50. The second-order valence-corrected chi connectivity index (χ2v) is 5.20. The van der Waals surface area contributed by atoms with Gasteiger partial charge in [0.1, 0.15) is 5.69 Å². The van der Waals surface area contributed by atoms with Crippen LogP contribution in [0.25, 0.3) is 0 Å². The van der Waals surface area contributed by atoms with Crippen LogP contribution in [0.15, 0.2) is 17.2 Å². The Labute approximate surface area is 112 Å². The number of nitrogens with zero attached hydrogens (tertiary/aromatic N) is 1. The average Bonchev–Trinajstić information content (AvgIpc) is 2.92. The van der Waals surface area contributed by atoms with E-state index in [1.54, 1.807) is 0 Å². The molecule has 1 aromatic heterocycles. The number of rotatable bonds is 6. The molecule has 0 aromatic carbocycles. The van der Waals surface area contributed by atoms with E-state index in [0.717, 1.165) is 18.5 Å². The van der Waals surface area contributed by atoms with Crippen LogP contribution in [0, 0.1) is 5.92 Å². The number of carbonyl (C=O) groups is 1. The van der Waals surface area contributed by atoms with Gasteiger partial charge in [0.25, 0.3) is 11.5 Å². The maximum atomic E-state index is 11.7. The lowest BCUT2D eigenvalue weighted by molar-refractivity contribution is 0.0947. The Morgan fingerprint density at radius 1 is 1.37 bits per heavy atom. The van der Waals surface area contributed by atoms with Crippen LogP contribution in [0.3, 0.4) is 0 Å². The maximum Gasteiger partial charge on any atom is 0.271 e. The molecule has 0 radical (unpaired) electrons. The van der Waals surface area contributed by atoms with Crippen LogP contribution in [0.5, 0.6) is 0 Å². The van der Waals surface area contributed by atoms with Crippen LogP contribution < -0.4 is 10.9 Å². The minimum atomic E-state index is -0.298. The van der Waals surface area contributed by atoms with E-state index in [4.69, 9.17) is 0 Å². The standard InChI is InChI=1S/C14H21N3O2/c18-13-10-16-12(9-17-13)14(19)15-8-4-3-7-11-5-1-2-6-11/h9-11H,1-8H2,(H,15,19)(H,17,18). The van der Waals surface area contributed by atoms with Crippen molar-refractivity contribution < 1.29 is 4.79 Å². The van der Waals surface area contributed by atoms with Gasteiger partial charge in [0.15, 0.2) is 0 Å². The number of carbonyl (C=O) groups excluding carboxylic acids is 1. The molecule has 0 aliphatic heterocycles. The van der Waals surface area contributed by atoms with E-state index < -0.39 is 0 Å². The molecule has 2 N–H and O–H groups in total. The Kier molecular flexibility index (Phi) is 5.12. The van der Waals surface area contributed by atoms with E-state index in [1.165, 1.54) is 44.7 Å². The van der Waals surface area contributed by atoms with Crippen LogP contribution in [0.2, 0.25) is 0 Å². The maximum absolute atomic E-state index is 11.7. The van der Waals surface area contributed by atoms with Gasteiger partial charge in [-0.1, -0.05) is 38.5 Å². The zero-order valence-electron chi connectivity index (χ0n) is 11.2. The van der Waals surface area contributed by atoms with Crippen molar-refractivity contribution in [3.8, 4) is 0 Å². The largest absolute Gasteiger partial charge is 0.351 e. The van der Waals surface area contributed by atoms with Crippen molar-refractivity contribution in [1.29, 1.82) is 0 Å². The molecule has 0 saturated heterocycles. The van der Waals surface area contributed by atoms with Gasteiger partial charge in [-0.3, -0.25) is 9.59 Å². The summed E-state index contributed by atoms with van der Waals surface area (Å²) in [5.74, 6) is 0.689. The molecule has 2 rings (SSSR count). The lowest BCUT2D eigenvalue weighted by Gasteiger charge is -2.08. The topological polar surface area (TPSA) is 74.8 Å². The molecule has 0 bridgehead atoms. The van der Waals surface area contributed by atoms with Crippen molar-refractivity contribution >= 4 is 5.91 Å². The summed E-state index contributed by atoms with van der Waals surface area (Å²) >= 11 is 0. The van der Waals surface area contributed by atoms with E-state index in [1.807, 2.05) is 0 Å². The van der Waals surface area contributed by atoms with Crippen LogP contribution in [-0.4, -0.2) is 22.4 Å². The minimum absolute atomic E-state index is 0.225. The van der Waals surface area contributed by atoms with Gasteiger partial charge < -0.3 is 10.3 Å². The fourth-order valence-corrected chi connectivity index (χ4v) is 2.62. The molecule has 5 nitrogen and oxygen atoms in total. The number of nitrogens with one attached hydrogen (secondary N) is 2. The summed E-state index contributed by atoms with van der Waals surface area (Å²) in [5, 5.41) is 2.82. The first-order chi connectivity index (χ1) is 9.25. The molecule has 0 atom stereocenters. The summed E-state index contributed by atoms with van der Waals surface area (Å²) in [5.41, 5.74) is -0.0384. The summed E-state index contributed by atoms with van der Waals surface area (Å²) in [4.78, 5) is 28.7. The average molecular weight is 263 g/mol. The number of aromatic amines is 1. The first kappa shape index (κ1) is 13.8. The summed E-state index contributed by atoms with van der Waals surface area (Å²) in [6.07, 6.45) is 11.5. The third-order valence-electron chi connectivity index (χ3n) is 3.70. The van der Waals surface area contributed by atoms with Crippen LogP contribution in [-0.2, 0) is 0 Å². The van der Waals surface area contributed by atoms with E-state index >= 15 is 0 Å². The highest BCUT2D eigenvalue weighted by Crippen LogP contribution is 2.28. The highest BCUT2D eigenvalue weighted by Gasteiger charge is 2.14. The molecular weight excluding hydrogens is 242 g/mol. The number of hydrogen-bond donors (Lipinski definition) is 2. The van der Waals surface area contributed by atoms with Gasteiger partial charge in [0.05, 0.1) is 6.20 Å². The summed E-state index contributed by atoms with van der Waals surface area (Å²) in [6.45, 7) is 0.673. The second-order valence-electron chi connectivity index (χ2n) is 5.20. The molecule has 1 heterocycles. The van der Waals surface area contributed by atoms with Gasteiger partial charge in [0, 0.05) is 12.7 Å². The number of unbranched alkanes of at least 4 members (excludes halogenated alkanes) is 1.